The molecule has 1 aromatic carbocycles. The zero-order valence-corrected chi connectivity index (χ0v) is 20.4. The van der Waals surface area contributed by atoms with Gasteiger partial charge in [-0.05, 0) is 67.7 Å². The molecule has 1 atom stereocenters. The first-order chi connectivity index (χ1) is 15.3. The summed E-state index contributed by atoms with van der Waals surface area (Å²) in [4.78, 5) is 31.4. The van der Waals surface area contributed by atoms with Crippen LogP contribution in [0.15, 0.2) is 29.6 Å². The maximum Gasteiger partial charge on any atom is 0.242 e. The van der Waals surface area contributed by atoms with Crippen molar-refractivity contribution in [2.24, 2.45) is 5.92 Å². The predicted molar refractivity (Wildman–Crippen MR) is 128 cm³/mol. The van der Waals surface area contributed by atoms with Gasteiger partial charge in [0.25, 0.3) is 0 Å². The molecule has 2 amide bonds. The third-order valence-electron chi connectivity index (χ3n) is 6.34. The molecule has 0 saturated heterocycles. The molecule has 1 aliphatic carbocycles. The maximum absolute atomic E-state index is 13.5. The smallest absolute Gasteiger partial charge is 0.242 e. The summed E-state index contributed by atoms with van der Waals surface area (Å²) in [6.45, 7) is 9.49. The minimum absolute atomic E-state index is 0.0279. The maximum atomic E-state index is 13.5. The number of rotatable bonds is 8. The number of thiophene rings is 1. The lowest BCUT2D eigenvalue weighted by molar-refractivity contribution is -0.143. The van der Waals surface area contributed by atoms with Gasteiger partial charge in [0, 0.05) is 23.9 Å². The van der Waals surface area contributed by atoms with Crippen LogP contribution < -0.4 is 4.74 Å². The van der Waals surface area contributed by atoms with Crippen LogP contribution >= 0.6 is 11.3 Å². The number of benzene rings is 1. The molecule has 1 aromatic heterocycles. The van der Waals surface area contributed by atoms with Crippen molar-refractivity contribution in [3.63, 3.8) is 0 Å². The van der Waals surface area contributed by atoms with Crippen LogP contribution in [0, 0.1) is 19.8 Å². The van der Waals surface area contributed by atoms with E-state index in [1.54, 1.807) is 11.3 Å². The number of hydrogen-bond donors (Lipinski definition) is 0. The molecule has 0 N–H and O–H groups in total. The Morgan fingerprint density at radius 3 is 2.69 bits per heavy atom. The molecule has 4 rings (SSSR count). The number of carbonyl (C=O) groups is 2. The Bertz CT molecular complexity index is 979. The highest BCUT2D eigenvalue weighted by Crippen LogP contribution is 2.35. The average molecular weight is 455 g/mol. The lowest BCUT2D eigenvalue weighted by Gasteiger charge is -2.37. The van der Waals surface area contributed by atoms with Crippen molar-refractivity contribution in [3.05, 3.63) is 51.2 Å². The van der Waals surface area contributed by atoms with E-state index in [-0.39, 0.29) is 30.4 Å². The summed E-state index contributed by atoms with van der Waals surface area (Å²) < 4.78 is 6.23. The SMILES string of the molecule is Cc1ccc(OCC2c3ccsc3CCN2C(=O)CN(C(=O)CC(C)C)C2CC2)c(C)c1. The topological polar surface area (TPSA) is 49.9 Å². The molecule has 1 fully saturated rings. The van der Waals surface area contributed by atoms with E-state index in [1.807, 2.05) is 29.7 Å². The Hall–Kier alpha value is -2.34. The fourth-order valence-corrected chi connectivity index (χ4v) is 5.44. The van der Waals surface area contributed by atoms with Gasteiger partial charge in [0.15, 0.2) is 0 Å². The molecule has 5 nitrogen and oxygen atoms in total. The third kappa shape index (κ3) is 5.17. The lowest BCUT2D eigenvalue weighted by atomic mass is 10.00. The minimum Gasteiger partial charge on any atom is -0.491 e. The van der Waals surface area contributed by atoms with Crippen molar-refractivity contribution in [2.75, 3.05) is 19.7 Å². The van der Waals surface area contributed by atoms with Crippen LogP contribution in [0.2, 0.25) is 0 Å². The molecule has 32 heavy (non-hydrogen) atoms. The highest BCUT2D eigenvalue weighted by Gasteiger charge is 2.37. The van der Waals surface area contributed by atoms with Crippen molar-refractivity contribution in [1.29, 1.82) is 0 Å². The molecule has 2 aromatic rings. The predicted octanol–water partition coefficient (Wildman–Crippen LogP) is 4.91. The Labute approximate surface area is 195 Å². The number of fused-ring (bicyclic) bond motifs is 1. The standard InChI is InChI=1S/C26H34N2O3S/c1-17(2)13-25(29)28(20-6-7-20)15-26(30)27-11-9-24-21(10-12-32-24)22(27)16-31-23-8-5-18(3)14-19(23)4/h5,8,10,12,14,17,20,22H,6-7,9,11,13,15-16H2,1-4H3. The van der Waals surface area contributed by atoms with E-state index >= 15 is 0 Å². The summed E-state index contributed by atoms with van der Waals surface area (Å²) in [5.41, 5.74) is 3.49. The van der Waals surface area contributed by atoms with Gasteiger partial charge in [-0.3, -0.25) is 9.59 Å². The van der Waals surface area contributed by atoms with Crippen LogP contribution in [0.1, 0.15) is 60.7 Å². The molecular weight excluding hydrogens is 420 g/mol. The Morgan fingerprint density at radius 1 is 1.22 bits per heavy atom. The molecule has 0 bridgehead atoms. The Morgan fingerprint density at radius 2 is 2.00 bits per heavy atom. The summed E-state index contributed by atoms with van der Waals surface area (Å²) in [7, 11) is 0. The van der Waals surface area contributed by atoms with Gasteiger partial charge in [0.2, 0.25) is 11.8 Å². The van der Waals surface area contributed by atoms with Crippen LogP contribution in [-0.2, 0) is 16.0 Å². The molecule has 2 aliphatic rings. The van der Waals surface area contributed by atoms with E-state index in [2.05, 4.69) is 37.4 Å². The zero-order valence-electron chi connectivity index (χ0n) is 19.6. The number of hydrogen-bond acceptors (Lipinski definition) is 4. The van der Waals surface area contributed by atoms with Crippen molar-refractivity contribution in [3.8, 4) is 5.75 Å². The van der Waals surface area contributed by atoms with Crippen LogP contribution in [0.5, 0.6) is 5.75 Å². The molecule has 1 unspecified atom stereocenters. The highest BCUT2D eigenvalue weighted by atomic mass is 32.1. The molecule has 1 aliphatic heterocycles. The fraction of sp³-hybridized carbons (Fsp3) is 0.538. The monoisotopic (exact) mass is 454 g/mol. The van der Waals surface area contributed by atoms with Crippen LogP contribution in [0.4, 0.5) is 0 Å². The summed E-state index contributed by atoms with van der Waals surface area (Å²) in [5, 5.41) is 2.10. The fourth-order valence-electron chi connectivity index (χ4n) is 4.51. The summed E-state index contributed by atoms with van der Waals surface area (Å²) in [5.74, 6) is 1.28. The second-order valence-corrected chi connectivity index (χ2v) is 10.6. The second-order valence-electron chi connectivity index (χ2n) is 9.58. The van der Waals surface area contributed by atoms with Crippen molar-refractivity contribution in [1.82, 2.24) is 9.80 Å². The van der Waals surface area contributed by atoms with Gasteiger partial charge in [-0.1, -0.05) is 31.5 Å². The quantitative estimate of drug-likeness (QED) is 0.570. The molecule has 0 spiro atoms. The van der Waals surface area contributed by atoms with E-state index in [1.165, 1.54) is 16.0 Å². The molecular formula is C26H34N2O3S. The molecule has 0 radical (unpaired) electrons. The van der Waals surface area contributed by atoms with Gasteiger partial charge in [-0.15, -0.1) is 11.3 Å². The van der Waals surface area contributed by atoms with Crippen molar-refractivity contribution < 1.29 is 14.3 Å². The number of nitrogens with zero attached hydrogens (tertiary/aromatic N) is 2. The second kappa shape index (κ2) is 9.65. The van der Waals surface area contributed by atoms with E-state index in [0.29, 0.717) is 25.5 Å². The first kappa shape index (κ1) is 22.8. The van der Waals surface area contributed by atoms with Gasteiger partial charge in [-0.25, -0.2) is 0 Å². The normalized spacial score (nSPS) is 17.9. The zero-order chi connectivity index (χ0) is 22.8. The first-order valence-corrected chi connectivity index (χ1v) is 12.6. The van der Waals surface area contributed by atoms with Gasteiger partial charge >= 0.3 is 0 Å². The van der Waals surface area contributed by atoms with E-state index in [9.17, 15) is 9.59 Å². The third-order valence-corrected chi connectivity index (χ3v) is 7.34. The first-order valence-electron chi connectivity index (χ1n) is 11.7. The van der Waals surface area contributed by atoms with Crippen LogP contribution in [0.3, 0.4) is 0 Å². The van der Waals surface area contributed by atoms with Gasteiger partial charge < -0.3 is 14.5 Å². The largest absolute Gasteiger partial charge is 0.491 e. The summed E-state index contributed by atoms with van der Waals surface area (Å²) >= 11 is 1.75. The highest BCUT2D eigenvalue weighted by molar-refractivity contribution is 7.10. The number of aryl methyl sites for hydroxylation is 2. The van der Waals surface area contributed by atoms with Crippen molar-refractivity contribution >= 4 is 23.2 Å². The number of carbonyl (C=O) groups excluding carboxylic acids is 2. The van der Waals surface area contributed by atoms with Gasteiger partial charge in [-0.2, -0.15) is 0 Å². The van der Waals surface area contributed by atoms with E-state index < -0.39 is 0 Å². The molecule has 2 heterocycles. The van der Waals surface area contributed by atoms with Gasteiger partial charge in [0.05, 0.1) is 6.04 Å². The van der Waals surface area contributed by atoms with Crippen LogP contribution in [-0.4, -0.2) is 47.4 Å². The average Bonchev–Trinajstić information content (AvgIpc) is 3.46. The molecule has 172 valence electrons. The summed E-state index contributed by atoms with van der Waals surface area (Å²) in [6, 6.07) is 8.40. The summed E-state index contributed by atoms with van der Waals surface area (Å²) in [6.07, 6.45) is 3.37. The molecule has 1 saturated carbocycles. The minimum atomic E-state index is -0.126. The Balaban J connectivity index is 1.50. The van der Waals surface area contributed by atoms with E-state index in [0.717, 1.165) is 30.6 Å². The Kier molecular flexibility index (Phi) is 6.89. The lowest BCUT2D eigenvalue weighted by Crippen LogP contribution is -2.48. The van der Waals surface area contributed by atoms with Crippen LogP contribution in [0.25, 0.3) is 0 Å². The molecule has 6 heteroatoms. The van der Waals surface area contributed by atoms with E-state index in [4.69, 9.17) is 4.74 Å². The number of amides is 2. The number of ether oxygens (including phenoxy) is 1. The van der Waals surface area contributed by atoms with Gasteiger partial charge in [0.1, 0.15) is 18.9 Å². The van der Waals surface area contributed by atoms with Crippen molar-refractivity contribution in [2.45, 2.75) is 65.5 Å².